The number of unbranched alkanes of at least 4 members (excludes halogenated alkanes) is 2. The number of ether oxygens (including phenoxy) is 1. The number of rotatable bonds is 7. The number of halogens is 1. The van der Waals surface area contributed by atoms with Gasteiger partial charge in [-0.05, 0) is 33.6 Å². The van der Waals surface area contributed by atoms with E-state index in [4.69, 9.17) is 9.84 Å². The number of carbonyl (C=O) groups excluding carboxylic acids is 1. The Morgan fingerprint density at radius 3 is 2.33 bits per heavy atom. The fourth-order valence-corrected chi connectivity index (χ4v) is 1.72. The summed E-state index contributed by atoms with van der Waals surface area (Å²) < 4.78 is 5.02. The van der Waals surface area contributed by atoms with Gasteiger partial charge in [-0.25, -0.2) is 9.59 Å². The van der Waals surface area contributed by atoms with Crippen molar-refractivity contribution in [1.29, 1.82) is 0 Å². The standard InChI is InChI=1S/C12H22BrNO4/c1-12(2,3)18-11(17)14-9(10(15)16)7-5-4-6-8-13/h9H,4-8H2,1-3H3,(H,14,17)(H,15,16)/t9-/m0/s1. The second kappa shape index (κ2) is 8.34. The van der Waals surface area contributed by atoms with Gasteiger partial charge in [-0.1, -0.05) is 28.8 Å². The minimum atomic E-state index is -1.03. The highest BCUT2D eigenvalue weighted by Gasteiger charge is 2.23. The summed E-state index contributed by atoms with van der Waals surface area (Å²) in [7, 11) is 0. The van der Waals surface area contributed by atoms with Crippen LogP contribution < -0.4 is 5.32 Å². The van der Waals surface area contributed by atoms with Gasteiger partial charge in [-0.15, -0.1) is 0 Å². The molecule has 0 radical (unpaired) electrons. The number of nitrogens with one attached hydrogen (secondary N) is 1. The molecular weight excluding hydrogens is 302 g/mol. The molecule has 0 heterocycles. The van der Waals surface area contributed by atoms with E-state index >= 15 is 0 Å². The predicted molar refractivity (Wildman–Crippen MR) is 73.1 cm³/mol. The molecule has 0 bridgehead atoms. The first kappa shape index (κ1) is 17.2. The summed E-state index contributed by atoms with van der Waals surface area (Å²) in [4.78, 5) is 22.4. The zero-order chi connectivity index (χ0) is 14.2. The molecule has 0 aromatic heterocycles. The van der Waals surface area contributed by atoms with Crippen LogP contribution in [0, 0.1) is 0 Å². The molecular formula is C12H22BrNO4. The van der Waals surface area contributed by atoms with Crippen LogP contribution in [0.15, 0.2) is 0 Å². The molecule has 1 atom stereocenters. The molecule has 0 aliphatic carbocycles. The minimum absolute atomic E-state index is 0.418. The van der Waals surface area contributed by atoms with Crippen LogP contribution >= 0.6 is 15.9 Å². The third-order valence-electron chi connectivity index (χ3n) is 2.12. The number of hydrogen-bond donors (Lipinski definition) is 2. The highest BCUT2D eigenvalue weighted by atomic mass is 79.9. The van der Waals surface area contributed by atoms with Crippen molar-refractivity contribution in [2.24, 2.45) is 0 Å². The van der Waals surface area contributed by atoms with E-state index in [0.717, 1.165) is 24.6 Å². The van der Waals surface area contributed by atoms with Gasteiger partial charge >= 0.3 is 12.1 Å². The number of carbonyl (C=O) groups is 2. The van der Waals surface area contributed by atoms with Gasteiger partial charge in [-0.2, -0.15) is 0 Å². The molecule has 0 unspecified atom stereocenters. The van der Waals surface area contributed by atoms with E-state index in [0.29, 0.717) is 6.42 Å². The molecule has 0 aliphatic heterocycles. The Morgan fingerprint density at radius 1 is 1.28 bits per heavy atom. The Morgan fingerprint density at radius 2 is 1.89 bits per heavy atom. The van der Waals surface area contributed by atoms with E-state index in [2.05, 4.69) is 21.2 Å². The lowest BCUT2D eigenvalue weighted by Crippen LogP contribution is -2.43. The Balaban J connectivity index is 4.11. The van der Waals surface area contributed by atoms with Crippen LogP contribution in [0.5, 0.6) is 0 Å². The summed E-state index contributed by atoms with van der Waals surface area (Å²) in [6.45, 7) is 5.20. The Kier molecular flexibility index (Phi) is 7.98. The third kappa shape index (κ3) is 9.27. The lowest BCUT2D eigenvalue weighted by molar-refractivity contribution is -0.139. The molecule has 0 aromatic carbocycles. The maximum atomic E-state index is 11.5. The fourth-order valence-electron chi connectivity index (χ4n) is 1.33. The summed E-state index contributed by atoms with van der Waals surface area (Å²) in [6.07, 6.45) is 2.43. The topological polar surface area (TPSA) is 75.6 Å². The number of aliphatic carboxylic acids is 1. The van der Waals surface area contributed by atoms with Gasteiger partial charge in [-0.3, -0.25) is 0 Å². The molecule has 18 heavy (non-hydrogen) atoms. The number of alkyl carbamates (subject to hydrolysis) is 1. The average Bonchev–Trinajstić information content (AvgIpc) is 2.19. The Bertz CT molecular complexity index is 276. The van der Waals surface area contributed by atoms with Gasteiger partial charge in [0.05, 0.1) is 0 Å². The number of hydrogen-bond acceptors (Lipinski definition) is 3. The van der Waals surface area contributed by atoms with Crippen LogP contribution in [0.25, 0.3) is 0 Å². The molecule has 0 aromatic rings. The third-order valence-corrected chi connectivity index (χ3v) is 2.68. The molecule has 0 aliphatic rings. The molecule has 0 rings (SSSR count). The van der Waals surface area contributed by atoms with Crippen molar-refractivity contribution in [3.63, 3.8) is 0 Å². The molecule has 0 fully saturated rings. The van der Waals surface area contributed by atoms with Crippen molar-refractivity contribution in [3.05, 3.63) is 0 Å². The SMILES string of the molecule is CC(C)(C)OC(=O)N[C@@H](CCCCCBr)C(=O)O. The number of alkyl halides is 1. The van der Waals surface area contributed by atoms with Crippen molar-refractivity contribution in [2.45, 2.75) is 58.1 Å². The van der Waals surface area contributed by atoms with Gasteiger partial charge in [0.15, 0.2) is 0 Å². The van der Waals surface area contributed by atoms with Crippen LogP contribution in [0.3, 0.4) is 0 Å². The number of carboxylic acids is 1. The molecule has 106 valence electrons. The van der Waals surface area contributed by atoms with Crippen LogP contribution in [-0.4, -0.2) is 34.1 Å². The molecule has 6 heteroatoms. The van der Waals surface area contributed by atoms with Crippen molar-refractivity contribution in [1.82, 2.24) is 5.32 Å². The Hall–Kier alpha value is -0.780. The largest absolute Gasteiger partial charge is 0.480 e. The molecule has 0 saturated heterocycles. The van der Waals surface area contributed by atoms with Crippen LogP contribution in [0.2, 0.25) is 0 Å². The number of carboxylic acid groups (broad SMARTS) is 1. The summed E-state index contributed by atoms with van der Waals surface area (Å²) in [6, 6.07) is -0.879. The zero-order valence-electron chi connectivity index (χ0n) is 11.2. The fraction of sp³-hybridized carbons (Fsp3) is 0.833. The maximum absolute atomic E-state index is 11.5. The van der Waals surface area contributed by atoms with Crippen molar-refractivity contribution in [3.8, 4) is 0 Å². The Labute approximate surface area is 116 Å². The van der Waals surface area contributed by atoms with Crippen LogP contribution in [-0.2, 0) is 9.53 Å². The summed E-state index contributed by atoms with van der Waals surface area (Å²) in [5, 5.41) is 12.3. The van der Waals surface area contributed by atoms with Crippen molar-refractivity contribution < 1.29 is 19.4 Å². The van der Waals surface area contributed by atoms with Gasteiger partial charge in [0.1, 0.15) is 11.6 Å². The smallest absolute Gasteiger partial charge is 0.408 e. The van der Waals surface area contributed by atoms with Crippen molar-refractivity contribution >= 4 is 28.0 Å². The monoisotopic (exact) mass is 323 g/mol. The second-order valence-electron chi connectivity index (χ2n) is 5.08. The highest BCUT2D eigenvalue weighted by molar-refractivity contribution is 9.09. The number of amides is 1. The quantitative estimate of drug-likeness (QED) is 0.558. The lowest BCUT2D eigenvalue weighted by Gasteiger charge is -2.22. The first-order chi connectivity index (χ1) is 8.26. The molecule has 2 N–H and O–H groups in total. The van der Waals surface area contributed by atoms with Gasteiger partial charge in [0, 0.05) is 5.33 Å². The summed E-state index contributed by atoms with van der Waals surface area (Å²) in [5.74, 6) is -1.03. The van der Waals surface area contributed by atoms with E-state index in [1.807, 2.05) is 0 Å². The first-order valence-electron chi connectivity index (χ1n) is 6.04. The van der Waals surface area contributed by atoms with E-state index in [9.17, 15) is 9.59 Å². The first-order valence-corrected chi connectivity index (χ1v) is 7.16. The molecule has 0 saturated carbocycles. The highest BCUT2D eigenvalue weighted by Crippen LogP contribution is 2.09. The van der Waals surface area contributed by atoms with Gasteiger partial charge in [0.25, 0.3) is 0 Å². The maximum Gasteiger partial charge on any atom is 0.408 e. The average molecular weight is 324 g/mol. The normalized spacial score (nSPS) is 12.9. The predicted octanol–water partition coefficient (Wildman–Crippen LogP) is 2.92. The summed E-state index contributed by atoms with van der Waals surface area (Å²) in [5.41, 5.74) is -0.622. The second-order valence-corrected chi connectivity index (χ2v) is 5.87. The minimum Gasteiger partial charge on any atom is -0.480 e. The zero-order valence-corrected chi connectivity index (χ0v) is 12.7. The van der Waals surface area contributed by atoms with E-state index < -0.39 is 23.7 Å². The molecule has 1 amide bonds. The van der Waals surface area contributed by atoms with E-state index in [1.165, 1.54) is 0 Å². The van der Waals surface area contributed by atoms with Gasteiger partial charge < -0.3 is 15.2 Å². The van der Waals surface area contributed by atoms with E-state index in [1.54, 1.807) is 20.8 Å². The van der Waals surface area contributed by atoms with Crippen LogP contribution in [0.1, 0.15) is 46.5 Å². The summed E-state index contributed by atoms with van der Waals surface area (Å²) >= 11 is 3.31. The van der Waals surface area contributed by atoms with Gasteiger partial charge in [0.2, 0.25) is 0 Å². The van der Waals surface area contributed by atoms with Crippen molar-refractivity contribution in [2.75, 3.05) is 5.33 Å². The molecule has 5 nitrogen and oxygen atoms in total. The van der Waals surface area contributed by atoms with E-state index in [-0.39, 0.29) is 0 Å². The van der Waals surface area contributed by atoms with Crippen LogP contribution in [0.4, 0.5) is 4.79 Å². The molecule has 0 spiro atoms. The lowest BCUT2D eigenvalue weighted by atomic mass is 10.1.